The Morgan fingerprint density at radius 2 is 2.00 bits per heavy atom. The number of halogens is 2. The highest BCUT2D eigenvalue weighted by atomic mass is 35.5. The fourth-order valence-electron chi connectivity index (χ4n) is 3.11. The maximum atomic E-state index is 14.4. The quantitative estimate of drug-likeness (QED) is 0.723. The minimum absolute atomic E-state index is 0.220. The van der Waals surface area contributed by atoms with Gasteiger partial charge in [-0.15, -0.1) is 0 Å². The van der Waals surface area contributed by atoms with Crippen molar-refractivity contribution in [3.8, 4) is 11.1 Å². The number of aromatic nitrogens is 1. The SMILES string of the molecule is Fc1ccccc1-c1c2c(nc3ccc(Cl)cc13)CCNC2. The van der Waals surface area contributed by atoms with Gasteiger partial charge in [-0.2, -0.15) is 0 Å². The van der Waals surface area contributed by atoms with Gasteiger partial charge in [-0.3, -0.25) is 4.98 Å². The third-order valence-corrected chi connectivity index (χ3v) is 4.35. The number of hydrogen-bond donors (Lipinski definition) is 1. The predicted octanol–water partition coefficient (Wildman–Crippen LogP) is 4.34. The van der Waals surface area contributed by atoms with Gasteiger partial charge >= 0.3 is 0 Å². The Balaban J connectivity index is 2.14. The van der Waals surface area contributed by atoms with E-state index in [4.69, 9.17) is 16.6 Å². The summed E-state index contributed by atoms with van der Waals surface area (Å²) in [6.45, 7) is 1.60. The molecule has 110 valence electrons. The summed E-state index contributed by atoms with van der Waals surface area (Å²) in [5, 5.41) is 4.89. The first-order chi connectivity index (χ1) is 10.7. The number of fused-ring (bicyclic) bond motifs is 2. The van der Waals surface area contributed by atoms with Gasteiger partial charge in [0.2, 0.25) is 0 Å². The molecule has 2 aromatic carbocycles. The number of nitrogens with one attached hydrogen (secondary N) is 1. The third-order valence-electron chi connectivity index (χ3n) is 4.12. The van der Waals surface area contributed by atoms with Gasteiger partial charge in [-0.1, -0.05) is 29.8 Å². The van der Waals surface area contributed by atoms with Crippen molar-refractivity contribution in [3.63, 3.8) is 0 Å². The molecule has 2 nitrogen and oxygen atoms in total. The summed E-state index contributed by atoms with van der Waals surface area (Å²) in [5.74, 6) is -0.220. The van der Waals surface area contributed by atoms with Crippen molar-refractivity contribution in [2.24, 2.45) is 0 Å². The molecular weight excluding hydrogens is 299 g/mol. The van der Waals surface area contributed by atoms with Crippen molar-refractivity contribution in [1.29, 1.82) is 0 Å². The summed E-state index contributed by atoms with van der Waals surface area (Å²) in [6, 6.07) is 12.5. The molecule has 2 heterocycles. The summed E-state index contributed by atoms with van der Waals surface area (Å²) in [4.78, 5) is 4.75. The van der Waals surface area contributed by atoms with Crippen LogP contribution in [-0.2, 0) is 13.0 Å². The van der Waals surface area contributed by atoms with E-state index in [0.29, 0.717) is 17.1 Å². The largest absolute Gasteiger partial charge is 0.312 e. The molecule has 0 amide bonds. The lowest BCUT2D eigenvalue weighted by molar-refractivity contribution is 0.624. The zero-order valence-electron chi connectivity index (χ0n) is 11.9. The van der Waals surface area contributed by atoms with E-state index >= 15 is 0 Å². The van der Waals surface area contributed by atoms with Crippen molar-refractivity contribution >= 4 is 22.5 Å². The monoisotopic (exact) mass is 312 g/mol. The average molecular weight is 313 g/mol. The molecule has 1 aromatic heterocycles. The fraction of sp³-hybridized carbons (Fsp3) is 0.167. The van der Waals surface area contributed by atoms with Gasteiger partial charge in [0.05, 0.1) is 5.52 Å². The maximum Gasteiger partial charge on any atom is 0.131 e. The van der Waals surface area contributed by atoms with Gasteiger partial charge in [-0.25, -0.2) is 4.39 Å². The topological polar surface area (TPSA) is 24.9 Å². The van der Waals surface area contributed by atoms with E-state index in [-0.39, 0.29) is 5.82 Å². The van der Waals surface area contributed by atoms with Gasteiger partial charge in [0.25, 0.3) is 0 Å². The first kappa shape index (κ1) is 13.7. The fourth-order valence-corrected chi connectivity index (χ4v) is 3.29. The molecule has 4 rings (SSSR count). The zero-order chi connectivity index (χ0) is 15.1. The Morgan fingerprint density at radius 1 is 1.14 bits per heavy atom. The maximum absolute atomic E-state index is 14.4. The molecule has 0 radical (unpaired) electrons. The van der Waals surface area contributed by atoms with Crippen LogP contribution in [-0.4, -0.2) is 11.5 Å². The van der Waals surface area contributed by atoms with Crippen LogP contribution in [0.3, 0.4) is 0 Å². The Hall–Kier alpha value is -1.97. The van der Waals surface area contributed by atoms with Crippen LogP contribution in [0.25, 0.3) is 22.0 Å². The molecule has 3 aromatic rings. The average Bonchev–Trinajstić information content (AvgIpc) is 2.54. The van der Waals surface area contributed by atoms with Crippen LogP contribution in [0, 0.1) is 5.82 Å². The molecule has 0 saturated heterocycles. The van der Waals surface area contributed by atoms with E-state index in [0.717, 1.165) is 40.7 Å². The molecular formula is C18H14ClFN2. The highest BCUT2D eigenvalue weighted by molar-refractivity contribution is 6.31. The number of rotatable bonds is 1. The van der Waals surface area contributed by atoms with E-state index in [9.17, 15) is 4.39 Å². The number of hydrogen-bond acceptors (Lipinski definition) is 2. The van der Waals surface area contributed by atoms with Crippen LogP contribution in [0.2, 0.25) is 5.02 Å². The van der Waals surface area contributed by atoms with E-state index < -0.39 is 0 Å². The first-order valence-electron chi connectivity index (χ1n) is 7.30. The van der Waals surface area contributed by atoms with Gasteiger partial charge in [0.1, 0.15) is 5.82 Å². The molecule has 0 fully saturated rings. The summed E-state index contributed by atoms with van der Waals surface area (Å²) in [7, 11) is 0. The van der Waals surface area contributed by atoms with Crippen molar-refractivity contribution in [2.45, 2.75) is 13.0 Å². The highest BCUT2D eigenvalue weighted by Gasteiger charge is 2.20. The second-order valence-corrected chi connectivity index (χ2v) is 5.92. The molecule has 4 heteroatoms. The lowest BCUT2D eigenvalue weighted by Crippen LogP contribution is -2.25. The molecule has 1 aliphatic heterocycles. The molecule has 0 spiro atoms. The normalized spacial score (nSPS) is 14.1. The summed E-state index contributed by atoms with van der Waals surface area (Å²) in [5.41, 5.74) is 4.51. The van der Waals surface area contributed by atoms with Crippen LogP contribution in [0.15, 0.2) is 42.5 Å². The van der Waals surface area contributed by atoms with Gasteiger partial charge < -0.3 is 5.32 Å². The molecule has 0 saturated carbocycles. The van der Waals surface area contributed by atoms with Crippen molar-refractivity contribution in [1.82, 2.24) is 10.3 Å². The second-order valence-electron chi connectivity index (χ2n) is 5.48. The van der Waals surface area contributed by atoms with Crippen molar-refractivity contribution in [2.75, 3.05) is 6.54 Å². The van der Waals surface area contributed by atoms with Crippen molar-refractivity contribution < 1.29 is 4.39 Å². The molecule has 22 heavy (non-hydrogen) atoms. The Bertz CT molecular complexity index is 876. The van der Waals surface area contributed by atoms with Gasteiger partial charge in [0.15, 0.2) is 0 Å². The Morgan fingerprint density at radius 3 is 2.86 bits per heavy atom. The van der Waals surface area contributed by atoms with Gasteiger partial charge in [-0.05, 0) is 29.8 Å². The summed E-state index contributed by atoms with van der Waals surface area (Å²) in [6.07, 6.45) is 0.857. The molecule has 1 N–H and O–H groups in total. The summed E-state index contributed by atoms with van der Waals surface area (Å²) >= 11 is 6.16. The molecule has 1 aliphatic rings. The van der Waals surface area contributed by atoms with E-state index in [2.05, 4.69) is 5.32 Å². The number of benzene rings is 2. The molecule has 0 unspecified atom stereocenters. The highest BCUT2D eigenvalue weighted by Crippen LogP contribution is 2.36. The summed E-state index contributed by atoms with van der Waals surface area (Å²) < 4.78 is 14.4. The second kappa shape index (κ2) is 5.34. The van der Waals surface area contributed by atoms with E-state index in [1.54, 1.807) is 6.07 Å². The number of pyridine rings is 1. The minimum Gasteiger partial charge on any atom is -0.312 e. The Labute approximate surface area is 132 Å². The zero-order valence-corrected chi connectivity index (χ0v) is 12.6. The number of nitrogens with zero attached hydrogens (tertiary/aromatic N) is 1. The predicted molar refractivity (Wildman–Crippen MR) is 87.6 cm³/mol. The Kier molecular flexibility index (Phi) is 3.32. The van der Waals surface area contributed by atoms with Crippen LogP contribution >= 0.6 is 11.6 Å². The molecule has 0 bridgehead atoms. The first-order valence-corrected chi connectivity index (χ1v) is 7.68. The van der Waals surface area contributed by atoms with Crippen LogP contribution in [0.5, 0.6) is 0 Å². The van der Waals surface area contributed by atoms with Crippen LogP contribution < -0.4 is 5.32 Å². The lowest BCUT2D eigenvalue weighted by atomic mass is 9.91. The minimum atomic E-state index is -0.220. The van der Waals surface area contributed by atoms with Gasteiger partial charge in [0, 0.05) is 46.7 Å². The lowest BCUT2D eigenvalue weighted by Gasteiger charge is -2.22. The third kappa shape index (κ3) is 2.18. The standard InChI is InChI=1S/C18H14ClFN2/c19-11-5-6-16-13(9-11)18(12-3-1-2-4-15(12)20)14-10-21-8-7-17(14)22-16/h1-6,9,21H,7-8,10H2. The molecule has 0 atom stereocenters. The van der Waals surface area contributed by atoms with E-state index in [1.807, 2.05) is 30.3 Å². The smallest absolute Gasteiger partial charge is 0.131 e. The van der Waals surface area contributed by atoms with Crippen molar-refractivity contribution in [3.05, 3.63) is 64.6 Å². The molecule has 0 aliphatic carbocycles. The van der Waals surface area contributed by atoms with Crippen LogP contribution in [0.1, 0.15) is 11.3 Å². The van der Waals surface area contributed by atoms with E-state index in [1.165, 1.54) is 6.07 Å². The van der Waals surface area contributed by atoms with Crippen LogP contribution in [0.4, 0.5) is 4.39 Å².